The number of rotatable bonds is 5. The first-order valence-corrected chi connectivity index (χ1v) is 10.2. The summed E-state index contributed by atoms with van der Waals surface area (Å²) in [6, 6.07) is 16.7. The summed E-state index contributed by atoms with van der Waals surface area (Å²) in [6.45, 7) is 1.44. The average Bonchev–Trinajstić information content (AvgIpc) is 2.69. The number of esters is 1. The number of nitrogens with zero attached hydrogens (tertiary/aromatic N) is 1. The molecule has 5 nitrogen and oxygen atoms in total. The minimum absolute atomic E-state index is 0.0757. The molecule has 1 aliphatic rings. The van der Waals surface area contributed by atoms with Crippen molar-refractivity contribution < 1.29 is 17.9 Å². The summed E-state index contributed by atoms with van der Waals surface area (Å²) in [6.07, 6.45) is 1.27. The lowest BCUT2D eigenvalue weighted by atomic mass is 10.1. The summed E-state index contributed by atoms with van der Waals surface area (Å²) < 4.78 is 30.7. The first-order chi connectivity index (χ1) is 12.5. The number of benzene rings is 2. The van der Waals surface area contributed by atoms with Crippen LogP contribution < -0.4 is 4.90 Å². The van der Waals surface area contributed by atoms with Gasteiger partial charge in [0.2, 0.25) is 0 Å². The molecule has 2 aromatic carbocycles. The Morgan fingerprint density at radius 1 is 1.08 bits per heavy atom. The van der Waals surface area contributed by atoms with E-state index in [9.17, 15) is 13.2 Å². The van der Waals surface area contributed by atoms with Gasteiger partial charge in [0.1, 0.15) is 0 Å². The van der Waals surface area contributed by atoms with E-state index in [-0.39, 0.29) is 17.3 Å². The van der Waals surface area contributed by atoms with Gasteiger partial charge in [-0.2, -0.15) is 0 Å². The van der Waals surface area contributed by atoms with Crippen molar-refractivity contribution in [3.8, 4) is 0 Å². The third-order valence-corrected chi connectivity index (χ3v) is 7.07. The molecule has 0 saturated carbocycles. The van der Waals surface area contributed by atoms with Crippen molar-refractivity contribution in [1.82, 2.24) is 0 Å². The fraction of sp³-hybridized carbons (Fsp3) is 0.350. The van der Waals surface area contributed by atoms with Gasteiger partial charge in [0.05, 0.1) is 23.7 Å². The number of methoxy groups -OCH3 is 1. The molecule has 1 aliphatic heterocycles. The SMILES string of the molecule is COC(=O)Cc1cccc(S(=O)(=O)C2CCN(c3ccccc3)CC2)c1. The number of carbonyl (C=O) groups is 1. The molecule has 0 amide bonds. The van der Waals surface area contributed by atoms with Crippen LogP contribution in [0.1, 0.15) is 18.4 Å². The van der Waals surface area contributed by atoms with Crippen LogP contribution in [0.15, 0.2) is 59.5 Å². The van der Waals surface area contributed by atoms with E-state index in [1.807, 2.05) is 30.3 Å². The van der Waals surface area contributed by atoms with E-state index >= 15 is 0 Å². The zero-order valence-corrected chi connectivity index (χ0v) is 15.6. The van der Waals surface area contributed by atoms with Crippen molar-refractivity contribution in [2.75, 3.05) is 25.1 Å². The Kier molecular flexibility index (Phi) is 5.61. The lowest BCUT2D eigenvalue weighted by Crippen LogP contribution is -2.39. The molecule has 1 saturated heterocycles. The quantitative estimate of drug-likeness (QED) is 0.754. The van der Waals surface area contributed by atoms with Crippen LogP contribution in [0.5, 0.6) is 0 Å². The first kappa shape index (κ1) is 18.5. The van der Waals surface area contributed by atoms with Gasteiger partial charge in [0.15, 0.2) is 9.84 Å². The molecule has 1 fully saturated rings. The summed E-state index contributed by atoms with van der Waals surface area (Å²) in [5.74, 6) is -0.379. The molecule has 0 radical (unpaired) electrons. The monoisotopic (exact) mass is 373 g/mol. The second-order valence-electron chi connectivity index (χ2n) is 6.47. The molecule has 0 aromatic heterocycles. The smallest absolute Gasteiger partial charge is 0.309 e. The van der Waals surface area contributed by atoms with Crippen molar-refractivity contribution >= 4 is 21.5 Å². The summed E-state index contributed by atoms with van der Waals surface area (Å²) >= 11 is 0. The van der Waals surface area contributed by atoms with Gasteiger partial charge in [-0.25, -0.2) is 8.42 Å². The Bertz CT molecular complexity index is 856. The lowest BCUT2D eigenvalue weighted by molar-refractivity contribution is -0.139. The molecule has 0 aliphatic carbocycles. The molecule has 0 N–H and O–H groups in total. The summed E-state index contributed by atoms with van der Waals surface area (Å²) in [5.41, 5.74) is 1.78. The third kappa shape index (κ3) is 4.07. The zero-order chi connectivity index (χ0) is 18.6. The Hall–Kier alpha value is -2.34. The predicted molar refractivity (Wildman–Crippen MR) is 101 cm³/mol. The minimum atomic E-state index is -3.41. The first-order valence-electron chi connectivity index (χ1n) is 8.70. The Labute approximate surface area is 154 Å². The summed E-state index contributed by atoms with van der Waals surface area (Å²) in [7, 11) is -2.09. The maximum absolute atomic E-state index is 13.0. The molecule has 1 heterocycles. The van der Waals surface area contributed by atoms with Crippen molar-refractivity contribution in [1.29, 1.82) is 0 Å². The number of carbonyl (C=O) groups excluding carboxylic acids is 1. The molecule has 0 atom stereocenters. The predicted octanol–water partition coefficient (Wildman–Crippen LogP) is 2.84. The van der Waals surface area contributed by atoms with E-state index in [0.29, 0.717) is 18.4 Å². The van der Waals surface area contributed by atoms with E-state index in [1.54, 1.807) is 24.3 Å². The van der Waals surface area contributed by atoms with Crippen molar-refractivity contribution in [3.05, 3.63) is 60.2 Å². The van der Waals surface area contributed by atoms with E-state index in [1.165, 1.54) is 7.11 Å². The molecule has 0 spiro atoms. The molecule has 3 rings (SSSR count). The van der Waals surface area contributed by atoms with Gasteiger partial charge in [0.25, 0.3) is 0 Å². The summed E-state index contributed by atoms with van der Waals surface area (Å²) in [4.78, 5) is 13.9. The van der Waals surface area contributed by atoms with Gasteiger partial charge in [-0.3, -0.25) is 4.79 Å². The molecule has 0 unspecified atom stereocenters. The van der Waals surface area contributed by atoms with Crippen LogP contribution in [0.4, 0.5) is 5.69 Å². The molecular weight excluding hydrogens is 350 g/mol. The number of anilines is 1. The standard InChI is InChI=1S/C20H23NO4S/c1-25-20(22)15-16-6-5-9-19(14-16)26(23,24)18-10-12-21(13-11-18)17-7-3-2-4-8-17/h2-9,14,18H,10-13,15H2,1H3. The number of piperidine rings is 1. The molecular formula is C20H23NO4S. The molecule has 2 aromatic rings. The zero-order valence-electron chi connectivity index (χ0n) is 14.8. The summed E-state index contributed by atoms with van der Waals surface area (Å²) in [5, 5.41) is -0.393. The average molecular weight is 373 g/mol. The highest BCUT2D eigenvalue weighted by Gasteiger charge is 2.31. The Morgan fingerprint density at radius 3 is 2.42 bits per heavy atom. The van der Waals surface area contributed by atoms with Crippen LogP contribution in [0.3, 0.4) is 0 Å². The number of hydrogen-bond acceptors (Lipinski definition) is 5. The second kappa shape index (κ2) is 7.91. The fourth-order valence-corrected chi connectivity index (χ4v) is 5.13. The number of sulfone groups is 1. The van der Waals surface area contributed by atoms with Crippen LogP contribution in [0.2, 0.25) is 0 Å². The maximum Gasteiger partial charge on any atom is 0.309 e. The topological polar surface area (TPSA) is 63.7 Å². The highest BCUT2D eigenvalue weighted by atomic mass is 32.2. The fourth-order valence-electron chi connectivity index (χ4n) is 3.33. The Balaban J connectivity index is 1.71. The van der Waals surface area contributed by atoms with Crippen molar-refractivity contribution in [3.63, 3.8) is 0 Å². The van der Waals surface area contributed by atoms with Gasteiger partial charge in [-0.15, -0.1) is 0 Å². The van der Waals surface area contributed by atoms with E-state index < -0.39 is 15.1 Å². The largest absolute Gasteiger partial charge is 0.469 e. The minimum Gasteiger partial charge on any atom is -0.469 e. The normalized spacial score (nSPS) is 15.7. The number of para-hydroxylation sites is 1. The number of hydrogen-bond donors (Lipinski definition) is 0. The van der Waals surface area contributed by atoms with Gasteiger partial charge in [0, 0.05) is 18.8 Å². The van der Waals surface area contributed by atoms with Crippen LogP contribution in [0.25, 0.3) is 0 Å². The van der Waals surface area contributed by atoms with Gasteiger partial charge < -0.3 is 9.64 Å². The highest BCUT2D eigenvalue weighted by molar-refractivity contribution is 7.92. The third-order valence-electron chi connectivity index (χ3n) is 4.81. The Morgan fingerprint density at radius 2 is 1.77 bits per heavy atom. The maximum atomic E-state index is 13.0. The second-order valence-corrected chi connectivity index (χ2v) is 8.70. The molecule has 6 heteroatoms. The van der Waals surface area contributed by atoms with Gasteiger partial charge in [-0.1, -0.05) is 30.3 Å². The van der Waals surface area contributed by atoms with E-state index in [0.717, 1.165) is 18.8 Å². The molecule has 138 valence electrons. The van der Waals surface area contributed by atoms with Crippen molar-refractivity contribution in [2.45, 2.75) is 29.4 Å². The number of ether oxygens (including phenoxy) is 1. The lowest BCUT2D eigenvalue weighted by Gasteiger charge is -2.33. The van der Waals surface area contributed by atoms with Gasteiger partial charge >= 0.3 is 5.97 Å². The molecule has 0 bridgehead atoms. The van der Waals surface area contributed by atoms with E-state index in [4.69, 9.17) is 0 Å². The van der Waals surface area contributed by atoms with Crippen molar-refractivity contribution in [2.24, 2.45) is 0 Å². The molecule has 26 heavy (non-hydrogen) atoms. The highest BCUT2D eigenvalue weighted by Crippen LogP contribution is 2.27. The van der Waals surface area contributed by atoms with Crippen LogP contribution in [0, 0.1) is 0 Å². The van der Waals surface area contributed by atoms with Crippen LogP contribution >= 0.6 is 0 Å². The van der Waals surface area contributed by atoms with Crippen LogP contribution in [-0.4, -0.2) is 39.8 Å². The van der Waals surface area contributed by atoms with Crippen LogP contribution in [-0.2, 0) is 25.8 Å². The van der Waals surface area contributed by atoms with E-state index in [2.05, 4.69) is 9.64 Å². The van der Waals surface area contributed by atoms with Gasteiger partial charge in [-0.05, 0) is 42.7 Å².